The molecule has 10 heteroatoms. The van der Waals surface area contributed by atoms with E-state index in [0.29, 0.717) is 0 Å². The van der Waals surface area contributed by atoms with E-state index in [0.717, 1.165) is 6.07 Å². The molecule has 136 valence electrons. The summed E-state index contributed by atoms with van der Waals surface area (Å²) in [6, 6.07) is 2.38. The SMILES string of the molecule is CC1=C(C(=O)O)C(c2cc3c(cc2[N+](=O)[O-])OCO3)C(C(=O)O)=C(C)N1. The number of carboxylic acids is 2. The van der Waals surface area contributed by atoms with Gasteiger partial charge in [0.05, 0.1) is 28.1 Å². The van der Waals surface area contributed by atoms with Crippen LogP contribution in [0.2, 0.25) is 0 Å². The van der Waals surface area contributed by atoms with Crippen molar-refractivity contribution in [1.29, 1.82) is 0 Å². The molecule has 0 spiro atoms. The lowest BCUT2D eigenvalue weighted by atomic mass is 9.79. The number of ether oxygens (including phenoxy) is 2. The summed E-state index contributed by atoms with van der Waals surface area (Å²) in [6.45, 7) is 2.80. The zero-order chi connectivity index (χ0) is 19.2. The van der Waals surface area contributed by atoms with Crippen molar-refractivity contribution in [2.24, 2.45) is 0 Å². The van der Waals surface area contributed by atoms with Gasteiger partial charge < -0.3 is 25.0 Å². The van der Waals surface area contributed by atoms with Crippen molar-refractivity contribution in [2.45, 2.75) is 19.8 Å². The minimum atomic E-state index is -1.38. The van der Waals surface area contributed by atoms with Crippen molar-refractivity contribution in [3.63, 3.8) is 0 Å². The highest BCUT2D eigenvalue weighted by Gasteiger charge is 2.41. The second-order valence-corrected chi connectivity index (χ2v) is 5.77. The first kappa shape index (κ1) is 17.3. The number of hydrogen-bond donors (Lipinski definition) is 3. The van der Waals surface area contributed by atoms with Gasteiger partial charge in [0.15, 0.2) is 11.5 Å². The van der Waals surface area contributed by atoms with E-state index >= 15 is 0 Å². The van der Waals surface area contributed by atoms with Crippen LogP contribution < -0.4 is 14.8 Å². The van der Waals surface area contributed by atoms with E-state index in [2.05, 4.69) is 5.32 Å². The van der Waals surface area contributed by atoms with Crippen LogP contribution in [-0.4, -0.2) is 33.9 Å². The lowest BCUT2D eigenvalue weighted by Crippen LogP contribution is -2.31. The Balaban J connectivity index is 2.33. The first-order valence-electron chi connectivity index (χ1n) is 7.45. The molecule has 26 heavy (non-hydrogen) atoms. The molecule has 1 aromatic rings. The van der Waals surface area contributed by atoms with Crippen molar-refractivity contribution < 1.29 is 34.2 Å². The third kappa shape index (κ3) is 2.61. The van der Waals surface area contributed by atoms with Crippen LogP contribution in [0.1, 0.15) is 25.3 Å². The maximum atomic E-state index is 11.8. The number of nitro benzene ring substituents is 1. The maximum Gasteiger partial charge on any atom is 0.334 e. The fourth-order valence-electron chi connectivity index (χ4n) is 3.21. The third-order valence-corrected chi connectivity index (χ3v) is 4.25. The van der Waals surface area contributed by atoms with Crippen LogP contribution in [0.5, 0.6) is 11.5 Å². The topological polar surface area (TPSA) is 148 Å². The van der Waals surface area contributed by atoms with E-state index in [1.807, 2.05) is 0 Å². The molecule has 0 radical (unpaired) electrons. The normalized spacial score (nSPS) is 16.5. The molecule has 0 aromatic heterocycles. The summed E-state index contributed by atoms with van der Waals surface area (Å²) in [5.74, 6) is -3.77. The molecule has 0 aliphatic carbocycles. The van der Waals surface area contributed by atoms with E-state index in [-0.39, 0.29) is 46.4 Å². The van der Waals surface area contributed by atoms with Gasteiger partial charge in [-0.25, -0.2) is 9.59 Å². The van der Waals surface area contributed by atoms with E-state index in [9.17, 15) is 29.9 Å². The number of carbonyl (C=O) groups is 2. The Morgan fingerprint density at radius 2 is 1.62 bits per heavy atom. The molecule has 0 saturated carbocycles. The van der Waals surface area contributed by atoms with Crippen LogP contribution in [0.15, 0.2) is 34.7 Å². The number of nitro groups is 1. The van der Waals surface area contributed by atoms with Crippen LogP contribution in [0.3, 0.4) is 0 Å². The summed E-state index contributed by atoms with van der Waals surface area (Å²) < 4.78 is 10.3. The molecule has 0 fully saturated rings. The van der Waals surface area contributed by atoms with Crippen molar-refractivity contribution in [3.05, 3.63) is 50.4 Å². The smallest absolute Gasteiger partial charge is 0.334 e. The van der Waals surface area contributed by atoms with E-state index in [1.54, 1.807) is 0 Å². The molecule has 0 amide bonds. The Bertz CT molecular complexity index is 879. The Hall–Kier alpha value is -3.56. The number of allylic oxidation sites excluding steroid dienone is 2. The number of nitrogens with one attached hydrogen (secondary N) is 1. The molecule has 3 rings (SSSR count). The quantitative estimate of drug-likeness (QED) is 0.537. The van der Waals surface area contributed by atoms with Crippen molar-refractivity contribution in [1.82, 2.24) is 5.32 Å². The average molecular weight is 362 g/mol. The van der Waals surface area contributed by atoms with Gasteiger partial charge in [-0.1, -0.05) is 0 Å². The lowest BCUT2D eigenvalue weighted by molar-refractivity contribution is -0.385. The van der Waals surface area contributed by atoms with Crippen LogP contribution >= 0.6 is 0 Å². The highest BCUT2D eigenvalue weighted by Crippen LogP contribution is 2.46. The molecule has 2 aliphatic heterocycles. The van der Waals surface area contributed by atoms with Crippen molar-refractivity contribution in [3.8, 4) is 11.5 Å². The molecule has 3 N–H and O–H groups in total. The lowest BCUT2D eigenvalue weighted by Gasteiger charge is -2.28. The number of fused-ring (bicyclic) bond motifs is 1. The fraction of sp³-hybridized carbons (Fsp3) is 0.250. The van der Waals surface area contributed by atoms with E-state index < -0.39 is 28.5 Å². The zero-order valence-corrected chi connectivity index (χ0v) is 13.7. The van der Waals surface area contributed by atoms with Gasteiger partial charge >= 0.3 is 11.9 Å². The Labute approximate surface area is 146 Å². The number of dihydropyridines is 1. The molecule has 2 aliphatic rings. The molecule has 0 atom stereocenters. The molecule has 0 unspecified atom stereocenters. The van der Waals surface area contributed by atoms with Gasteiger partial charge in [0.1, 0.15) is 0 Å². The standard InChI is InChI=1S/C16H14N2O8/c1-6-12(15(19)20)14(13(16(21)22)7(2)17-6)8-3-10-11(26-5-25-10)4-9(8)18(23)24/h3-4,14,17H,5H2,1-2H3,(H,19,20)(H,21,22). The minimum Gasteiger partial charge on any atom is -0.478 e. The highest BCUT2D eigenvalue weighted by atomic mass is 16.7. The number of carboxylic acid groups (broad SMARTS) is 2. The van der Waals surface area contributed by atoms with Crippen LogP contribution in [0, 0.1) is 10.1 Å². The number of rotatable bonds is 4. The van der Waals surface area contributed by atoms with Gasteiger partial charge in [-0.3, -0.25) is 10.1 Å². The van der Waals surface area contributed by atoms with Gasteiger partial charge in [0.2, 0.25) is 6.79 Å². The summed E-state index contributed by atoms with van der Waals surface area (Å²) in [7, 11) is 0. The molecule has 0 saturated heterocycles. The van der Waals surface area contributed by atoms with Gasteiger partial charge in [-0.15, -0.1) is 0 Å². The number of aliphatic carboxylic acids is 2. The van der Waals surface area contributed by atoms with Gasteiger partial charge in [-0.2, -0.15) is 0 Å². The molecule has 1 aromatic carbocycles. The summed E-state index contributed by atoms with van der Waals surface area (Å²) in [5.41, 5.74) is -0.688. The van der Waals surface area contributed by atoms with Crippen molar-refractivity contribution in [2.75, 3.05) is 6.79 Å². The van der Waals surface area contributed by atoms with Crippen LogP contribution in [-0.2, 0) is 9.59 Å². The monoisotopic (exact) mass is 362 g/mol. The second-order valence-electron chi connectivity index (χ2n) is 5.77. The van der Waals surface area contributed by atoms with E-state index in [1.165, 1.54) is 19.9 Å². The Kier molecular flexibility index (Phi) is 4.03. The fourth-order valence-corrected chi connectivity index (χ4v) is 3.21. The summed E-state index contributed by atoms with van der Waals surface area (Å²) in [5, 5.41) is 33.5. The molecular formula is C16H14N2O8. The molecule has 10 nitrogen and oxygen atoms in total. The summed E-state index contributed by atoms with van der Waals surface area (Å²) in [4.78, 5) is 34.4. The Morgan fingerprint density at radius 1 is 1.12 bits per heavy atom. The number of nitrogens with zero attached hydrogens (tertiary/aromatic N) is 1. The third-order valence-electron chi connectivity index (χ3n) is 4.25. The number of hydrogen-bond acceptors (Lipinski definition) is 7. The minimum absolute atomic E-state index is 0.0887. The summed E-state index contributed by atoms with van der Waals surface area (Å²) in [6.07, 6.45) is 0. The van der Waals surface area contributed by atoms with E-state index in [4.69, 9.17) is 9.47 Å². The maximum absolute atomic E-state index is 11.8. The summed E-state index contributed by atoms with van der Waals surface area (Å²) >= 11 is 0. The highest BCUT2D eigenvalue weighted by molar-refractivity contribution is 5.99. The average Bonchev–Trinajstić information content (AvgIpc) is 2.99. The largest absolute Gasteiger partial charge is 0.478 e. The van der Waals surface area contributed by atoms with Gasteiger partial charge in [0.25, 0.3) is 5.69 Å². The van der Waals surface area contributed by atoms with Gasteiger partial charge in [-0.05, 0) is 19.9 Å². The second kappa shape index (κ2) is 6.06. The van der Waals surface area contributed by atoms with Gasteiger partial charge in [0, 0.05) is 17.0 Å². The molecular weight excluding hydrogens is 348 g/mol. The first-order chi connectivity index (χ1) is 12.2. The number of benzene rings is 1. The molecule has 0 bridgehead atoms. The van der Waals surface area contributed by atoms with Crippen molar-refractivity contribution >= 4 is 17.6 Å². The predicted octanol–water partition coefficient (Wildman–Crippen LogP) is 1.73. The van der Waals surface area contributed by atoms with Crippen LogP contribution in [0.4, 0.5) is 5.69 Å². The molecule has 2 heterocycles. The Morgan fingerprint density at radius 3 is 2.08 bits per heavy atom. The first-order valence-corrected chi connectivity index (χ1v) is 7.45. The van der Waals surface area contributed by atoms with Crippen LogP contribution in [0.25, 0.3) is 0 Å². The zero-order valence-electron chi connectivity index (χ0n) is 13.7. The predicted molar refractivity (Wildman–Crippen MR) is 85.8 cm³/mol.